The molecule has 1 heterocycles. The normalized spacial score (nSPS) is 39.2. The molecule has 2 unspecified atom stereocenters. The fourth-order valence-corrected chi connectivity index (χ4v) is 1.08. The minimum atomic E-state index is -0.318. The van der Waals surface area contributed by atoms with E-state index < -0.39 is 0 Å². The van der Waals surface area contributed by atoms with Gasteiger partial charge in [-0.3, -0.25) is 0 Å². The summed E-state index contributed by atoms with van der Waals surface area (Å²) in [7, 11) is 0. The maximum atomic E-state index is 9.96. The van der Waals surface area contributed by atoms with Crippen LogP contribution in [0.2, 0.25) is 0 Å². The highest BCUT2D eigenvalue weighted by Gasteiger charge is 2.36. The number of ether oxygens (including phenoxy) is 1. The molecule has 3 heteroatoms. The second-order valence-electron chi connectivity index (χ2n) is 2.82. The fourth-order valence-electron chi connectivity index (χ4n) is 1.08. The highest BCUT2D eigenvalue weighted by atomic mass is 16.5. The number of carbonyl (C=O) groups excluding carboxylic acids is 1. The minimum Gasteiger partial charge on any atom is -0.376 e. The van der Waals surface area contributed by atoms with E-state index in [-0.39, 0.29) is 11.6 Å². The Morgan fingerprint density at radius 1 is 1.80 bits per heavy atom. The van der Waals surface area contributed by atoms with Crippen LogP contribution in [0.4, 0.5) is 0 Å². The predicted octanol–water partition coefficient (Wildman–Crippen LogP) is 0.890. The molecule has 3 nitrogen and oxygen atoms in total. The van der Waals surface area contributed by atoms with Crippen molar-refractivity contribution in [2.24, 2.45) is 4.99 Å². The monoisotopic (exact) mass is 141 g/mol. The van der Waals surface area contributed by atoms with Gasteiger partial charge in [0.2, 0.25) is 6.08 Å². The van der Waals surface area contributed by atoms with Crippen LogP contribution in [0.5, 0.6) is 0 Å². The van der Waals surface area contributed by atoms with E-state index in [9.17, 15) is 4.79 Å². The predicted molar refractivity (Wildman–Crippen MR) is 36.6 cm³/mol. The number of hydrogen-bond acceptors (Lipinski definition) is 3. The Morgan fingerprint density at radius 2 is 2.50 bits per heavy atom. The van der Waals surface area contributed by atoms with Gasteiger partial charge >= 0.3 is 0 Å². The average Bonchev–Trinajstić information content (AvgIpc) is 2.15. The standard InChI is InChI=1S/C7H11NO2/c1-6-7(2,8-5-9)3-4-10-6/h6H,3-4H2,1-2H3. The summed E-state index contributed by atoms with van der Waals surface area (Å²) in [4.78, 5) is 13.7. The molecule has 0 aromatic carbocycles. The van der Waals surface area contributed by atoms with Crippen LogP contribution < -0.4 is 0 Å². The molecule has 0 N–H and O–H groups in total. The fraction of sp³-hybridized carbons (Fsp3) is 0.857. The van der Waals surface area contributed by atoms with Crippen molar-refractivity contribution in [2.45, 2.75) is 31.9 Å². The van der Waals surface area contributed by atoms with Crippen LogP contribution in [0.3, 0.4) is 0 Å². The van der Waals surface area contributed by atoms with Crippen molar-refractivity contribution in [3.63, 3.8) is 0 Å². The third kappa shape index (κ3) is 1.11. The summed E-state index contributed by atoms with van der Waals surface area (Å²) in [6.07, 6.45) is 2.45. The van der Waals surface area contributed by atoms with Crippen LogP contribution in [0.1, 0.15) is 20.3 Å². The molecule has 0 spiro atoms. The molecule has 1 aliphatic heterocycles. The Labute approximate surface area is 60.1 Å². The molecule has 0 aromatic rings. The first-order valence-electron chi connectivity index (χ1n) is 3.40. The van der Waals surface area contributed by atoms with Crippen LogP contribution in [0, 0.1) is 0 Å². The van der Waals surface area contributed by atoms with Crippen LogP contribution in [0.25, 0.3) is 0 Å². The molecule has 2 atom stereocenters. The lowest BCUT2D eigenvalue weighted by Gasteiger charge is -2.19. The van der Waals surface area contributed by atoms with Gasteiger partial charge in [0.25, 0.3) is 0 Å². The first kappa shape index (κ1) is 7.45. The van der Waals surface area contributed by atoms with Gasteiger partial charge in [-0.1, -0.05) is 0 Å². The van der Waals surface area contributed by atoms with Crippen LogP contribution >= 0.6 is 0 Å². The maximum Gasteiger partial charge on any atom is 0.235 e. The van der Waals surface area contributed by atoms with Gasteiger partial charge in [-0.15, -0.1) is 0 Å². The molecule has 0 bridgehead atoms. The van der Waals surface area contributed by atoms with E-state index in [4.69, 9.17) is 4.74 Å². The zero-order valence-electron chi connectivity index (χ0n) is 6.26. The Bertz CT molecular complexity index is 174. The molecule has 0 amide bonds. The largest absolute Gasteiger partial charge is 0.376 e. The summed E-state index contributed by atoms with van der Waals surface area (Å²) in [6, 6.07) is 0. The van der Waals surface area contributed by atoms with Crippen LogP contribution in [0.15, 0.2) is 4.99 Å². The van der Waals surface area contributed by atoms with E-state index in [1.807, 2.05) is 13.8 Å². The van der Waals surface area contributed by atoms with Crippen molar-refractivity contribution < 1.29 is 9.53 Å². The molecule has 1 rings (SSSR count). The Hall–Kier alpha value is -0.660. The van der Waals surface area contributed by atoms with Crippen molar-refractivity contribution in [1.82, 2.24) is 0 Å². The van der Waals surface area contributed by atoms with Crippen molar-refractivity contribution in [2.75, 3.05) is 6.61 Å². The van der Waals surface area contributed by atoms with Crippen LogP contribution in [-0.4, -0.2) is 24.3 Å². The SMILES string of the molecule is CC1OCCC1(C)N=C=O. The van der Waals surface area contributed by atoms with Crippen molar-refractivity contribution in [3.05, 3.63) is 0 Å². The smallest absolute Gasteiger partial charge is 0.235 e. The van der Waals surface area contributed by atoms with Crippen molar-refractivity contribution >= 4 is 6.08 Å². The van der Waals surface area contributed by atoms with Gasteiger partial charge in [0, 0.05) is 6.61 Å². The summed E-state index contributed by atoms with van der Waals surface area (Å²) in [5.41, 5.74) is -0.318. The van der Waals surface area contributed by atoms with E-state index in [1.165, 1.54) is 0 Å². The van der Waals surface area contributed by atoms with Gasteiger partial charge in [0.1, 0.15) is 0 Å². The molecule has 1 saturated heterocycles. The number of hydrogen-bond donors (Lipinski definition) is 0. The second-order valence-corrected chi connectivity index (χ2v) is 2.82. The molecule has 0 radical (unpaired) electrons. The number of rotatable bonds is 1. The molecule has 0 aromatic heterocycles. The van der Waals surface area contributed by atoms with E-state index in [0.29, 0.717) is 6.61 Å². The van der Waals surface area contributed by atoms with Gasteiger partial charge in [-0.2, -0.15) is 4.99 Å². The number of nitrogens with zero attached hydrogens (tertiary/aromatic N) is 1. The van der Waals surface area contributed by atoms with E-state index in [2.05, 4.69) is 4.99 Å². The molecular weight excluding hydrogens is 130 g/mol. The van der Waals surface area contributed by atoms with Gasteiger partial charge in [-0.25, -0.2) is 4.79 Å². The van der Waals surface area contributed by atoms with Crippen LogP contribution in [-0.2, 0) is 9.53 Å². The Kier molecular flexibility index (Phi) is 1.88. The Morgan fingerprint density at radius 3 is 2.90 bits per heavy atom. The van der Waals surface area contributed by atoms with E-state index in [0.717, 1.165) is 6.42 Å². The number of isocyanates is 1. The van der Waals surface area contributed by atoms with Gasteiger partial charge in [0.15, 0.2) is 0 Å². The molecule has 1 fully saturated rings. The average molecular weight is 141 g/mol. The van der Waals surface area contributed by atoms with Gasteiger partial charge in [-0.05, 0) is 20.3 Å². The summed E-state index contributed by atoms with van der Waals surface area (Å²) in [5.74, 6) is 0. The third-order valence-electron chi connectivity index (χ3n) is 2.15. The molecule has 56 valence electrons. The Balaban J connectivity index is 2.74. The van der Waals surface area contributed by atoms with E-state index in [1.54, 1.807) is 6.08 Å². The second kappa shape index (κ2) is 2.52. The zero-order chi connectivity index (χ0) is 7.61. The van der Waals surface area contributed by atoms with Gasteiger partial charge < -0.3 is 4.74 Å². The lowest BCUT2D eigenvalue weighted by molar-refractivity contribution is 0.101. The summed E-state index contributed by atoms with van der Waals surface area (Å²) < 4.78 is 5.25. The lowest BCUT2D eigenvalue weighted by Crippen LogP contribution is -2.29. The maximum absolute atomic E-state index is 9.96. The molecule has 0 aliphatic carbocycles. The highest BCUT2D eigenvalue weighted by molar-refractivity contribution is 5.35. The van der Waals surface area contributed by atoms with Crippen molar-refractivity contribution in [1.29, 1.82) is 0 Å². The lowest BCUT2D eigenvalue weighted by atomic mass is 9.96. The zero-order valence-corrected chi connectivity index (χ0v) is 6.26. The molecule has 10 heavy (non-hydrogen) atoms. The third-order valence-corrected chi connectivity index (χ3v) is 2.15. The molecule has 1 aliphatic rings. The van der Waals surface area contributed by atoms with Gasteiger partial charge in [0.05, 0.1) is 11.6 Å². The summed E-state index contributed by atoms with van der Waals surface area (Å²) >= 11 is 0. The minimum absolute atomic E-state index is 0.0500. The molecule has 0 saturated carbocycles. The first-order chi connectivity index (χ1) is 4.69. The first-order valence-corrected chi connectivity index (χ1v) is 3.40. The van der Waals surface area contributed by atoms with Crippen molar-refractivity contribution in [3.8, 4) is 0 Å². The quantitative estimate of drug-likeness (QED) is 0.402. The highest BCUT2D eigenvalue weighted by Crippen LogP contribution is 2.28. The van der Waals surface area contributed by atoms with E-state index >= 15 is 0 Å². The summed E-state index contributed by atoms with van der Waals surface area (Å²) in [6.45, 7) is 4.53. The molecular formula is C7H11NO2. The number of aliphatic imine (C=N–C) groups is 1. The summed E-state index contributed by atoms with van der Waals surface area (Å²) in [5, 5.41) is 0. The topological polar surface area (TPSA) is 38.7 Å².